The number of nitrogens with one attached hydrogen (secondary N) is 1. The van der Waals surface area contributed by atoms with Gasteiger partial charge in [0.15, 0.2) is 0 Å². The molecule has 0 amide bonds. The molecule has 2 aromatic heterocycles. The van der Waals surface area contributed by atoms with Gasteiger partial charge in [0, 0.05) is 17.3 Å². The molecule has 1 spiro atoms. The highest BCUT2D eigenvalue weighted by Gasteiger charge is 2.70. The first-order valence-corrected chi connectivity index (χ1v) is 15.3. The zero-order valence-electron chi connectivity index (χ0n) is 21.9. The predicted molar refractivity (Wildman–Crippen MR) is 151 cm³/mol. The monoisotopic (exact) mass is 549 g/mol. The molecule has 1 N–H and O–H groups in total. The maximum atomic E-state index is 14.2. The number of Topliss-reactive ketones (excluding diaryl/α,β-unsaturated/α-hetero) is 1. The minimum Gasteiger partial charge on any atom is -0.476 e. The summed E-state index contributed by atoms with van der Waals surface area (Å²) in [6.45, 7) is 11.7. The maximum absolute atomic E-state index is 14.2. The van der Waals surface area contributed by atoms with Crippen molar-refractivity contribution < 1.29 is 19.1 Å². The lowest BCUT2D eigenvalue weighted by atomic mass is 9.35. The standard InChI is InChI=1S/C31H35NO4S2/c1-19-20(2)31-12-9-21(19)15-25(31)30(18-36-28(34)23-8-5-14-38-23)11-6-10-29(3,24(30)16-26(31)33)17-35-27(32)22-7-4-13-37-22/h4-5,7-8,13-14,21,24-25,32H,1-2,6,9-12,15-18H2,3H3. The number of hydrogen-bond donors (Lipinski definition) is 1. The molecule has 200 valence electrons. The van der Waals surface area contributed by atoms with Gasteiger partial charge < -0.3 is 9.47 Å². The molecule has 5 fully saturated rings. The average Bonchev–Trinajstić information content (AvgIpc) is 3.65. The number of ether oxygens (including phenoxy) is 2. The van der Waals surface area contributed by atoms with Crippen LogP contribution >= 0.6 is 22.7 Å². The fourth-order valence-electron chi connectivity index (χ4n) is 8.54. The molecule has 2 heterocycles. The molecule has 0 radical (unpaired) electrons. The Labute approximate surface area is 232 Å². The Morgan fingerprint density at radius 2 is 1.79 bits per heavy atom. The van der Waals surface area contributed by atoms with E-state index in [0.29, 0.717) is 30.4 Å². The summed E-state index contributed by atoms with van der Waals surface area (Å²) in [7, 11) is 0. The van der Waals surface area contributed by atoms with Crippen LogP contribution in [0.1, 0.15) is 66.4 Å². The van der Waals surface area contributed by atoms with E-state index in [0.717, 1.165) is 54.5 Å². The van der Waals surface area contributed by atoms with E-state index in [1.807, 2.05) is 29.0 Å². The molecular weight excluding hydrogens is 514 g/mol. The second-order valence-corrected chi connectivity index (χ2v) is 14.0. The van der Waals surface area contributed by atoms with Gasteiger partial charge in [-0.1, -0.05) is 38.6 Å². The van der Waals surface area contributed by atoms with Gasteiger partial charge in [-0.2, -0.15) is 0 Å². The second kappa shape index (κ2) is 9.30. The molecule has 0 aromatic carbocycles. The number of hydrogen-bond acceptors (Lipinski definition) is 7. The van der Waals surface area contributed by atoms with Gasteiger partial charge in [0.05, 0.1) is 23.5 Å². The van der Waals surface area contributed by atoms with Crippen LogP contribution in [0.15, 0.2) is 59.3 Å². The van der Waals surface area contributed by atoms with Crippen molar-refractivity contribution in [3.63, 3.8) is 0 Å². The van der Waals surface area contributed by atoms with Crippen LogP contribution in [0, 0.1) is 39.4 Å². The average molecular weight is 550 g/mol. The van der Waals surface area contributed by atoms with E-state index in [1.54, 1.807) is 6.07 Å². The van der Waals surface area contributed by atoms with Crippen LogP contribution in [-0.2, 0) is 14.3 Å². The highest BCUT2D eigenvalue weighted by Crippen LogP contribution is 2.72. The number of thiophene rings is 2. The third-order valence-electron chi connectivity index (χ3n) is 10.4. The predicted octanol–water partition coefficient (Wildman–Crippen LogP) is 7.30. The maximum Gasteiger partial charge on any atom is 0.348 e. The van der Waals surface area contributed by atoms with E-state index in [1.165, 1.54) is 22.7 Å². The Bertz CT molecular complexity index is 1300. The number of allylic oxidation sites excluding steroid dienone is 2. The van der Waals surface area contributed by atoms with Crippen molar-refractivity contribution in [2.45, 2.75) is 51.9 Å². The number of rotatable bonds is 6. The third kappa shape index (κ3) is 3.72. The van der Waals surface area contributed by atoms with Gasteiger partial charge in [-0.05, 0) is 83.9 Å². The summed E-state index contributed by atoms with van der Waals surface area (Å²) in [6, 6.07) is 7.49. The van der Waals surface area contributed by atoms with Crippen molar-refractivity contribution in [2.24, 2.45) is 34.0 Å². The van der Waals surface area contributed by atoms with Crippen LogP contribution in [0.4, 0.5) is 0 Å². The van der Waals surface area contributed by atoms with E-state index in [4.69, 9.17) is 14.9 Å². The van der Waals surface area contributed by atoms with E-state index in [9.17, 15) is 9.59 Å². The van der Waals surface area contributed by atoms with Crippen LogP contribution in [0.2, 0.25) is 0 Å². The molecule has 5 saturated carbocycles. The molecule has 38 heavy (non-hydrogen) atoms. The molecule has 5 aliphatic carbocycles. The van der Waals surface area contributed by atoms with Crippen molar-refractivity contribution in [2.75, 3.05) is 13.2 Å². The molecule has 7 heteroatoms. The molecule has 5 nitrogen and oxygen atoms in total. The minimum atomic E-state index is -0.597. The van der Waals surface area contributed by atoms with E-state index in [2.05, 4.69) is 20.1 Å². The van der Waals surface area contributed by atoms with Gasteiger partial charge in [0.1, 0.15) is 10.7 Å². The molecule has 0 aliphatic heterocycles. The smallest absolute Gasteiger partial charge is 0.348 e. The Hall–Kier alpha value is -2.51. The zero-order chi connectivity index (χ0) is 26.7. The summed E-state index contributed by atoms with van der Waals surface area (Å²) in [6.07, 6.45) is 5.93. The van der Waals surface area contributed by atoms with Gasteiger partial charge in [0.2, 0.25) is 5.90 Å². The lowest BCUT2D eigenvalue weighted by Gasteiger charge is -2.68. The van der Waals surface area contributed by atoms with Crippen molar-refractivity contribution in [1.29, 1.82) is 5.41 Å². The summed E-state index contributed by atoms with van der Waals surface area (Å²) in [5.41, 5.74) is 0.728. The van der Waals surface area contributed by atoms with Gasteiger partial charge in [-0.15, -0.1) is 22.7 Å². The van der Waals surface area contributed by atoms with Crippen molar-refractivity contribution in [3.05, 3.63) is 69.1 Å². The fraction of sp³-hybridized carbons (Fsp3) is 0.516. The molecule has 7 rings (SSSR count). The minimum absolute atomic E-state index is 0.000406. The van der Waals surface area contributed by atoms with E-state index >= 15 is 0 Å². The number of fused-ring (bicyclic) bond motifs is 3. The lowest BCUT2D eigenvalue weighted by Crippen LogP contribution is -2.66. The highest BCUT2D eigenvalue weighted by molar-refractivity contribution is 7.12. The molecule has 2 bridgehead atoms. The molecule has 2 aromatic rings. The van der Waals surface area contributed by atoms with Gasteiger partial charge in [-0.3, -0.25) is 10.2 Å². The summed E-state index contributed by atoms with van der Waals surface area (Å²) >= 11 is 2.89. The SMILES string of the molecule is C=C1C(=C)C23CCC1CC2C1(COC(=O)c2cccs2)CCCC(C)(COC(=N)c2cccs2)C1CC3=O. The summed E-state index contributed by atoms with van der Waals surface area (Å²) in [5, 5.41) is 12.3. The van der Waals surface area contributed by atoms with Crippen LogP contribution < -0.4 is 0 Å². The Morgan fingerprint density at radius 3 is 2.50 bits per heavy atom. The van der Waals surface area contributed by atoms with Crippen molar-refractivity contribution >= 4 is 40.3 Å². The molecular formula is C31H35NO4S2. The second-order valence-electron chi connectivity index (χ2n) is 12.1. The van der Waals surface area contributed by atoms with Gasteiger partial charge >= 0.3 is 5.97 Å². The van der Waals surface area contributed by atoms with Crippen molar-refractivity contribution in [3.8, 4) is 0 Å². The Kier molecular flexibility index (Phi) is 6.30. The number of ketones is 1. The van der Waals surface area contributed by atoms with Crippen molar-refractivity contribution in [1.82, 2.24) is 0 Å². The Balaban J connectivity index is 1.36. The fourth-order valence-corrected chi connectivity index (χ4v) is 9.79. The summed E-state index contributed by atoms with van der Waals surface area (Å²) in [5.74, 6) is 0.582. The number of carbonyl (C=O) groups excluding carboxylic acids is 2. The number of esters is 1. The highest BCUT2D eigenvalue weighted by atomic mass is 32.1. The normalized spacial score (nSPS) is 35.9. The van der Waals surface area contributed by atoms with Crippen LogP contribution in [0.5, 0.6) is 0 Å². The largest absolute Gasteiger partial charge is 0.476 e. The quantitative estimate of drug-likeness (QED) is 0.233. The van der Waals surface area contributed by atoms with E-state index in [-0.39, 0.29) is 40.3 Å². The summed E-state index contributed by atoms with van der Waals surface area (Å²) < 4.78 is 12.3. The molecule has 5 aliphatic rings. The first-order valence-electron chi connectivity index (χ1n) is 13.6. The van der Waals surface area contributed by atoms with Crippen LogP contribution in [-0.4, -0.2) is 30.9 Å². The van der Waals surface area contributed by atoms with Gasteiger partial charge in [0.25, 0.3) is 0 Å². The van der Waals surface area contributed by atoms with Crippen LogP contribution in [0.3, 0.4) is 0 Å². The zero-order valence-corrected chi connectivity index (χ0v) is 23.6. The lowest BCUT2D eigenvalue weighted by molar-refractivity contribution is -0.192. The molecule has 0 saturated heterocycles. The first-order chi connectivity index (χ1) is 18.2. The first kappa shape index (κ1) is 25.8. The third-order valence-corrected chi connectivity index (χ3v) is 12.1. The molecule has 6 atom stereocenters. The Morgan fingerprint density at radius 1 is 1.05 bits per heavy atom. The number of carbonyl (C=O) groups is 2. The van der Waals surface area contributed by atoms with E-state index < -0.39 is 5.41 Å². The van der Waals surface area contributed by atoms with Gasteiger partial charge in [-0.25, -0.2) is 4.79 Å². The summed E-state index contributed by atoms with van der Waals surface area (Å²) in [4.78, 5) is 28.7. The van der Waals surface area contributed by atoms with Crippen LogP contribution in [0.25, 0.3) is 0 Å². The molecule has 6 unspecified atom stereocenters. The topological polar surface area (TPSA) is 76.5 Å².